The molecule has 0 bridgehead atoms. The summed E-state index contributed by atoms with van der Waals surface area (Å²) < 4.78 is 2.20. The number of anilines is 1. The number of likely N-dealkylation sites (tertiary alicyclic amines) is 1. The van der Waals surface area contributed by atoms with Crippen LogP contribution in [0.15, 0.2) is 41.8 Å². The van der Waals surface area contributed by atoms with E-state index in [0.29, 0.717) is 10.6 Å². The highest BCUT2D eigenvalue weighted by Crippen LogP contribution is 2.26. The van der Waals surface area contributed by atoms with Gasteiger partial charge in [-0.3, -0.25) is 19.4 Å². The number of H-pyrrole nitrogens is 1. The first-order valence-corrected chi connectivity index (χ1v) is 11.6. The summed E-state index contributed by atoms with van der Waals surface area (Å²) in [5.74, 6) is 1.40. The monoisotopic (exact) mass is 441 g/mol. The van der Waals surface area contributed by atoms with Crippen molar-refractivity contribution < 1.29 is 4.79 Å². The topological polar surface area (TPSA) is 66.0 Å². The number of nitrogens with one attached hydrogen (secondary N) is 2. The minimum atomic E-state index is -0.483. The summed E-state index contributed by atoms with van der Waals surface area (Å²) in [5.41, 5.74) is 2.06. The maximum absolute atomic E-state index is 12.9. The maximum Gasteiger partial charge on any atom is 0.247 e. The molecular formula is C22H27N5OS2. The SMILES string of the molecule is CC1CCN(Cc2ccc(NC(=O)C(C)n3c(-c4cccs4)n[nH]c3=S)cc2)CC1. The van der Waals surface area contributed by atoms with Crippen molar-refractivity contribution in [2.45, 2.75) is 39.3 Å². The number of carbonyl (C=O) groups is 1. The van der Waals surface area contributed by atoms with Crippen LogP contribution in [0.1, 0.15) is 38.3 Å². The third-order valence-corrected chi connectivity index (χ3v) is 6.87. The summed E-state index contributed by atoms with van der Waals surface area (Å²) >= 11 is 6.94. The fourth-order valence-corrected chi connectivity index (χ4v) is 4.78. The first-order valence-electron chi connectivity index (χ1n) is 10.3. The molecule has 3 heterocycles. The second-order valence-electron chi connectivity index (χ2n) is 8.02. The Bertz CT molecular complexity index is 1030. The van der Waals surface area contributed by atoms with E-state index in [1.54, 1.807) is 15.9 Å². The number of rotatable bonds is 6. The maximum atomic E-state index is 12.9. The predicted molar refractivity (Wildman–Crippen MR) is 124 cm³/mol. The zero-order valence-electron chi connectivity index (χ0n) is 17.3. The van der Waals surface area contributed by atoms with Crippen LogP contribution in [0, 0.1) is 10.7 Å². The number of thiophene rings is 1. The van der Waals surface area contributed by atoms with Crippen LogP contribution in [0.4, 0.5) is 5.69 Å². The van der Waals surface area contributed by atoms with Gasteiger partial charge < -0.3 is 5.32 Å². The lowest BCUT2D eigenvalue weighted by atomic mass is 9.99. The minimum absolute atomic E-state index is 0.122. The molecule has 1 unspecified atom stereocenters. The molecule has 0 aliphatic carbocycles. The number of piperidine rings is 1. The Balaban J connectivity index is 1.41. The van der Waals surface area contributed by atoms with Gasteiger partial charge in [-0.25, -0.2) is 0 Å². The van der Waals surface area contributed by atoms with Crippen molar-refractivity contribution in [3.63, 3.8) is 0 Å². The smallest absolute Gasteiger partial charge is 0.247 e. The first kappa shape index (κ1) is 21.0. The van der Waals surface area contributed by atoms with Gasteiger partial charge in [0.15, 0.2) is 10.6 Å². The fraction of sp³-hybridized carbons (Fsp3) is 0.409. The second kappa shape index (κ2) is 9.24. The molecule has 1 saturated heterocycles. The van der Waals surface area contributed by atoms with Crippen LogP contribution in [0.25, 0.3) is 10.7 Å². The van der Waals surface area contributed by atoms with Crippen molar-refractivity contribution in [3.8, 4) is 10.7 Å². The zero-order chi connectivity index (χ0) is 21.1. The third-order valence-electron chi connectivity index (χ3n) is 5.72. The molecule has 0 spiro atoms. The number of benzene rings is 1. The largest absolute Gasteiger partial charge is 0.324 e. The van der Waals surface area contributed by atoms with E-state index < -0.39 is 6.04 Å². The molecule has 3 aromatic rings. The van der Waals surface area contributed by atoms with Gasteiger partial charge in [0.25, 0.3) is 0 Å². The van der Waals surface area contributed by atoms with Gasteiger partial charge in [0.2, 0.25) is 5.91 Å². The average molecular weight is 442 g/mol. The summed E-state index contributed by atoms with van der Waals surface area (Å²) in [6.07, 6.45) is 2.55. The summed E-state index contributed by atoms with van der Waals surface area (Å²) in [5, 5.41) is 12.1. The van der Waals surface area contributed by atoms with E-state index in [1.807, 2.05) is 36.6 Å². The Morgan fingerprint density at radius 3 is 2.70 bits per heavy atom. The van der Waals surface area contributed by atoms with Crippen LogP contribution in [-0.2, 0) is 11.3 Å². The molecule has 1 aromatic carbocycles. The van der Waals surface area contributed by atoms with Crippen molar-refractivity contribution >= 4 is 35.1 Å². The minimum Gasteiger partial charge on any atom is -0.324 e. The molecule has 1 atom stereocenters. The average Bonchev–Trinajstić information content (AvgIpc) is 3.40. The van der Waals surface area contributed by atoms with Gasteiger partial charge in [0.05, 0.1) is 4.88 Å². The number of aromatic nitrogens is 3. The van der Waals surface area contributed by atoms with E-state index >= 15 is 0 Å². The van der Waals surface area contributed by atoms with E-state index in [4.69, 9.17) is 12.2 Å². The highest BCUT2D eigenvalue weighted by molar-refractivity contribution is 7.71. The molecule has 1 fully saturated rings. The molecule has 4 rings (SSSR count). The van der Waals surface area contributed by atoms with Gasteiger partial charge in [-0.15, -0.1) is 11.3 Å². The summed E-state index contributed by atoms with van der Waals surface area (Å²) in [6.45, 7) is 7.45. The van der Waals surface area contributed by atoms with Gasteiger partial charge in [-0.2, -0.15) is 5.10 Å². The highest BCUT2D eigenvalue weighted by atomic mass is 32.1. The van der Waals surface area contributed by atoms with Gasteiger partial charge in [-0.05, 0) is 80.1 Å². The lowest BCUT2D eigenvalue weighted by Crippen LogP contribution is -2.32. The second-order valence-corrected chi connectivity index (χ2v) is 9.35. The molecule has 1 amide bonds. The Kier molecular flexibility index (Phi) is 6.46. The molecule has 1 aliphatic rings. The fourth-order valence-electron chi connectivity index (χ4n) is 3.78. The highest BCUT2D eigenvalue weighted by Gasteiger charge is 2.21. The molecule has 1 aliphatic heterocycles. The van der Waals surface area contributed by atoms with Crippen molar-refractivity contribution in [1.29, 1.82) is 0 Å². The Morgan fingerprint density at radius 1 is 1.30 bits per heavy atom. The van der Waals surface area contributed by atoms with Crippen molar-refractivity contribution in [3.05, 3.63) is 52.1 Å². The van der Waals surface area contributed by atoms with Crippen molar-refractivity contribution in [2.24, 2.45) is 5.92 Å². The number of hydrogen-bond donors (Lipinski definition) is 2. The van der Waals surface area contributed by atoms with Crippen LogP contribution >= 0.6 is 23.6 Å². The van der Waals surface area contributed by atoms with Crippen LogP contribution in [0.2, 0.25) is 0 Å². The van der Waals surface area contributed by atoms with E-state index in [9.17, 15) is 4.79 Å². The van der Waals surface area contributed by atoms with Crippen LogP contribution < -0.4 is 5.32 Å². The summed E-state index contributed by atoms with van der Waals surface area (Å²) in [7, 11) is 0. The molecule has 30 heavy (non-hydrogen) atoms. The van der Waals surface area contributed by atoms with Crippen molar-refractivity contribution in [1.82, 2.24) is 19.7 Å². The normalized spacial score (nSPS) is 16.5. The summed E-state index contributed by atoms with van der Waals surface area (Å²) in [4.78, 5) is 16.4. The number of amides is 1. The number of aromatic amines is 1. The molecule has 6 nitrogen and oxygen atoms in total. The van der Waals surface area contributed by atoms with Gasteiger partial charge in [0.1, 0.15) is 6.04 Å². The van der Waals surface area contributed by atoms with E-state index in [1.165, 1.54) is 18.4 Å². The van der Waals surface area contributed by atoms with Gasteiger partial charge >= 0.3 is 0 Å². The molecule has 0 saturated carbocycles. The molecule has 8 heteroatoms. The van der Waals surface area contributed by atoms with Crippen molar-refractivity contribution in [2.75, 3.05) is 18.4 Å². The Labute approximate surface area is 185 Å². The first-order chi connectivity index (χ1) is 14.5. The van der Waals surface area contributed by atoms with E-state index in [-0.39, 0.29) is 5.91 Å². The quantitative estimate of drug-likeness (QED) is 0.522. The third kappa shape index (κ3) is 4.71. The van der Waals surface area contributed by atoms with Gasteiger partial charge in [-0.1, -0.05) is 25.1 Å². The molecule has 0 radical (unpaired) electrons. The molecule has 2 aromatic heterocycles. The number of carbonyl (C=O) groups excluding carboxylic acids is 1. The lowest BCUT2D eigenvalue weighted by molar-refractivity contribution is -0.118. The molecule has 2 N–H and O–H groups in total. The van der Waals surface area contributed by atoms with Crippen LogP contribution in [-0.4, -0.2) is 38.7 Å². The van der Waals surface area contributed by atoms with Gasteiger partial charge in [0, 0.05) is 12.2 Å². The van der Waals surface area contributed by atoms with E-state index in [0.717, 1.165) is 36.1 Å². The Morgan fingerprint density at radius 2 is 2.03 bits per heavy atom. The molecule has 158 valence electrons. The number of nitrogens with zero attached hydrogens (tertiary/aromatic N) is 3. The van der Waals surface area contributed by atoms with Crippen LogP contribution in [0.3, 0.4) is 0 Å². The molecular weight excluding hydrogens is 414 g/mol. The zero-order valence-corrected chi connectivity index (χ0v) is 18.9. The standard InChI is InChI=1S/C22H27N5OS2/c1-15-9-11-26(12-10-15)14-17-5-7-18(8-6-17)23-21(28)16(2)27-20(24-25-22(27)29)19-4-3-13-30-19/h3-8,13,15-16H,9-12,14H2,1-2H3,(H,23,28)(H,25,29). The Hall–Kier alpha value is -2.29. The predicted octanol–water partition coefficient (Wildman–Crippen LogP) is 5.10. The lowest BCUT2D eigenvalue weighted by Gasteiger charge is -2.30. The van der Waals surface area contributed by atoms with Crippen LogP contribution in [0.5, 0.6) is 0 Å². The number of hydrogen-bond acceptors (Lipinski definition) is 5. The summed E-state index contributed by atoms with van der Waals surface area (Å²) in [6, 6.07) is 11.6. The van der Waals surface area contributed by atoms with E-state index in [2.05, 4.69) is 39.5 Å².